The molecule has 118 valence electrons. The molecule has 1 unspecified atom stereocenters. The normalized spacial score (nSPS) is 22.8. The van der Waals surface area contributed by atoms with Crippen LogP contribution in [0.15, 0.2) is 0 Å². The number of amides is 2. The van der Waals surface area contributed by atoms with E-state index in [1.54, 1.807) is 13.8 Å². The molecule has 2 amide bonds. The van der Waals surface area contributed by atoms with Crippen LogP contribution in [0.4, 0.5) is 0 Å². The van der Waals surface area contributed by atoms with E-state index in [-0.39, 0.29) is 12.3 Å². The van der Waals surface area contributed by atoms with Gasteiger partial charge in [0.05, 0.1) is 6.07 Å². The minimum atomic E-state index is -0.789. The SMILES string of the molecule is CCCN1CCC(C#N)(NC(=O)CCC(C)(C)C(N)=O)C1. The fraction of sp³-hybridized carbons (Fsp3) is 0.800. The maximum Gasteiger partial charge on any atom is 0.223 e. The van der Waals surface area contributed by atoms with E-state index in [1.165, 1.54) is 0 Å². The number of primary amides is 1. The van der Waals surface area contributed by atoms with Crippen molar-refractivity contribution in [2.45, 2.75) is 52.0 Å². The van der Waals surface area contributed by atoms with Gasteiger partial charge in [-0.25, -0.2) is 0 Å². The lowest BCUT2D eigenvalue weighted by Crippen LogP contribution is -2.49. The topological polar surface area (TPSA) is 99.2 Å². The van der Waals surface area contributed by atoms with Crippen molar-refractivity contribution in [1.82, 2.24) is 10.2 Å². The first-order valence-electron chi connectivity index (χ1n) is 7.49. The van der Waals surface area contributed by atoms with Crippen molar-refractivity contribution in [3.63, 3.8) is 0 Å². The Morgan fingerprint density at radius 1 is 1.48 bits per heavy atom. The van der Waals surface area contributed by atoms with E-state index in [1.807, 2.05) is 0 Å². The molecule has 0 radical (unpaired) electrons. The van der Waals surface area contributed by atoms with Gasteiger partial charge in [0.25, 0.3) is 0 Å². The van der Waals surface area contributed by atoms with E-state index in [2.05, 4.69) is 23.2 Å². The van der Waals surface area contributed by atoms with Gasteiger partial charge in [-0.1, -0.05) is 20.8 Å². The minimum absolute atomic E-state index is 0.191. The molecule has 0 bridgehead atoms. The number of rotatable bonds is 7. The van der Waals surface area contributed by atoms with Gasteiger partial charge in [-0.15, -0.1) is 0 Å². The maximum absolute atomic E-state index is 12.1. The number of nitrogens with zero attached hydrogens (tertiary/aromatic N) is 2. The van der Waals surface area contributed by atoms with Gasteiger partial charge in [-0.3, -0.25) is 14.5 Å². The molecule has 0 aromatic rings. The molecule has 0 aliphatic carbocycles. The summed E-state index contributed by atoms with van der Waals surface area (Å²) < 4.78 is 0. The molecule has 21 heavy (non-hydrogen) atoms. The predicted octanol–water partition coefficient (Wildman–Crippen LogP) is 0.772. The number of nitrogens with two attached hydrogens (primary N) is 1. The zero-order valence-electron chi connectivity index (χ0n) is 13.2. The monoisotopic (exact) mass is 294 g/mol. The van der Waals surface area contributed by atoms with E-state index in [9.17, 15) is 14.9 Å². The van der Waals surface area contributed by atoms with Crippen molar-refractivity contribution >= 4 is 11.8 Å². The molecule has 6 nitrogen and oxygen atoms in total. The zero-order valence-corrected chi connectivity index (χ0v) is 13.2. The summed E-state index contributed by atoms with van der Waals surface area (Å²) in [7, 11) is 0. The van der Waals surface area contributed by atoms with Crippen LogP contribution in [-0.4, -0.2) is 41.9 Å². The summed E-state index contributed by atoms with van der Waals surface area (Å²) in [6.45, 7) is 7.88. The van der Waals surface area contributed by atoms with E-state index in [0.29, 0.717) is 19.4 Å². The van der Waals surface area contributed by atoms with Gasteiger partial charge >= 0.3 is 0 Å². The highest BCUT2D eigenvalue weighted by Crippen LogP contribution is 2.24. The molecule has 1 aliphatic heterocycles. The van der Waals surface area contributed by atoms with Gasteiger partial charge in [0.15, 0.2) is 0 Å². The van der Waals surface area contributed by atoms with Crippen molar-refractivity contribution in [2.24, 2.45) is 11.1 Å². The third kappa shape index (κ3) is 4.71. The van der Waals surface area contributed by atoms with Crippen LogP contribution >= 0.6 is 0 Å². The number of carbonyl (C=O) groups excluding carboxylic acids is 2. The van der Waals surface area contributed by atoms with Crippen LogP contribution in [0.3, 0.4) is 0 Å². The fourth-order valence-corrected chi connectivity index (χ4v) is 2.50. The highest BCUT2D eigenvalue weighted by Gasteiger charge is 2.39. The quantitative estimate of drug-likeness (QED) is 0.724. The summed E-state index contributed by atoms with van der Waals surface area (Å²) in [5.41, 5.74) is 3.80. The lowest BCUT2D eigenvalue weighted by Gasteiger charge is -2.25. The largest absolute Gasteiger partial charge is 0.369 e. The fourth-order valence-electron chi connectivity index (χ4n) is 2.50. The van der Waals surface area contributed by atoms with Crippen molar-refractivity contribution in [1.29, 1.82) is 5.26 Å². The van der Waals surface area contributed by atoms with Crippen molar-refractivity contribution in [3.8, 4) is 6.07 Å². The first-order valence-corrected chi connectivity index (χ1v) is 7.49. The van der Waals surface area contributed by atoms with Crippen LogP contribution in [0.1, 0.15) is 46.5 Å². The Balaban J connectivity index is 2.53. The van der Waals surface area contributed by atoms with Crippen LogP contribution in [-0.2, 0) is 9.59 Å². The molecule has 3 N–H and O–H groups in total. The molecule has 0 aromatic carbocycles. The molecule has 1 aliphatic rings. The summed E-state index contributed by atoms with van der Waals surface area (Å²) in [5, 5.41) is 12.3. The molecule has 1 rings (SSSR count). The Morgan fingerprint density at radius 3 is 2.67 bits per heavy atom. The van der Waals surface area contributed by atoms with Gasteiger partial charge in [0.2, 0.25) is 11.8 Å². The third-order valence-corrected chi connectivity index (χ3v) is 4.12. The summed E-state index contributed by atoms with van der Waals surface area (Å²) in [5.74, 6) is -0.607. The second-order valence-corrected chi connectivity index (χ2v) is 6.52. The van der Waals surface area contributed by atoms with E-state index in [4.69, 9.17) is 5.73 Å². The summed E-state index contributed by atoms with van der Waals surface area (Å²) in [6, 6.07) is 2.25. The first kappa shape index (κ1) is 17.4. The molecule has 1 fully saturated rings. The maximum atomic E-state index is 12.1. The van der Waals surface area contributed by atoms with Crippen LogP contribution in [0.5, 0.6) is 0 Å². The highest BCUT2D eigenvalue weighted by molar-refractivity contribution is 5.82. The summed E-state index contributed by atoms with van der Waals surface area (Å²) >= 11 is 0. The van der Waals surface area contributed by atoms with Crippen molar-refractivity contribution in [2.75, 3.05) is 19.6 Å². The van der Waals surface area contributed by atoms with E-state index in [0.717, 1.165) is 19.5 Å². The molecular weight excluding hydrogens is 268 g/mol. The first-order chi connectivity index (χ1) is 9.74. The summed E-state index contributed by atoms with van der Waals surface area (Å²) in [4.78, 5) is 25.5. The lowest BCUT2D eigenvalue weighted by atomic mass is 9.87. The van der Waals surface area contributed by atoms with Crippen molar-refractivity contribution in [3.05, 3.63) is 0 Å². The van der Waals surface area contributed by atoms with Crippen LogP contribution in [0.2, 0.25) is 0 Å². The Morgan fingerprint density at radius 2 is 2.14 bits per heavy atom. The molecule has 0 aromatic heterocycles. The summed E-state index contributed by atoms with van der Waals surface area (Å²) in [6.07, 6.45) is 2.26. The predicted molar refractivity (Wildman–Crippen MR) is 80.0 cm³/mol. The van der Waals surface area contributed by atoms with Crippen LogP contribution in [0, 0.1) is 16.7 Å². The third-order valence-electron chi connectivity index (χ3n) is 4.12. The van der Waals surface area contributed by atoms with Gasteiger partial charge in [-0.05, 0) is 25.8 Å². The van der Waals surface area contributed by atoms with Gasteiger partial charge in [-0.2, -0.15) is 5.26 Å². The lowest BCUT2D eigenvalue weighted by molar-refractivity contribution is -0.127. The molecule has 1 atom stereocenters. The smallest absolute Gasteiger partial charge is 0.223 e. The molecule has 0 spiro atoms. The molecule has 0 saturated carbocycles. The minimum Gasteiger partial charge on any atom is -0.369 e. The number of hydrogen-bond acceptors (Lipinski definition) is 4. The average Bonchev–Trinajstić information content (AvgIpc) is 2.81. The highest BCUT2D eigenvalue weighted by atomic mass is 16.2. The zero-order chi connectivity index (χ0) is 16.1. The average molecular weight is 294 g/mol. The molecule has 1 saturated heterocycles. The molecular formula is C15H26N4O2. The van der Waals surface area contributed by atoms with E-state index >= 15 is 0 Å². The van der Waals surface area contributed by atoms with Crippen molar-refractivity contribution < 1.29 is 9.59 Å². The number of nitrogens with one attached hydrogen (secondary N) is 1. The van der Waals surface area contributed by atoms with Gasteiger partial charge < -0.3 is 11.1 Å². The Kier molecular flexibility index (Phi) is 5.73. The van der Waals surface area contributed by atoms with Gasteiger partial charge in [0.1, 0.15) is 5.54 Å². The number of carbonyl (C=O) groups is 2. The Hall–Kier alpha value is -1.61. The number of hydrogen-bond donors (Lipinski definition) is 2. The Bertz CT molecular complexity index is 441. The molecule has 1 heterocycles. The second kappa shape index (κ2) is 6.90. The number of nitriles is 1. The Labute approximate surface area is 126 Å². The van der Waals surface area contributed by atoms with Crippen LogP contribution < -0.4 is 11.1 Å². The van der Waals surface area contributed by atoms with Crippen LogP contribution in [0.25, 0.3) is 0 Å². The second-order valence-electron chi connectivity index (χ2n) is 6.52. The van der Waals surface area contributed by atoms with Gasteiger partial charge in [0, 0.05) is 24.9 Å². The standard InChI is InChI=1S/C15H26N4O2/c1-4-8-19-9-7-15(10-16,11-19)18-12(20)5-6-14(2,3)13(17)21/h4-9,11H2,1-3H3,(H2,17,21)(H,18,20). The number of likely N-dealkylation sites (tertiary alicyclic amines) is 1. The molecule has 6 heteroatoms. The van der Waals surface area contributed by atoms with E-state index < -0.39 is 16.9 Å².